The van der Waals surface area contributed by atoms with Gasteiger partial charge in [-0.05, 0) is 12.3 Å². The zero-order valence-electron chi connectivity index (χ0n) is 6.90. The molecule has 0 fully saturated rings. The summed E-state index contributed by atoms with van der Waals surface area (Å²) in [5.74, 6) is 3.42. The van der Waals surface area contributed by atoms with Gasteiger partial charge >= 0.3 is 0 Å². The van der Waals surface area contributed by atoms with Crippen molar-refractivity contribution in [3.05, 3.63) is 6.92 Å². The van der Waals surface area contributed by atoms with E-state index in [2.05, 4.69) is 19.8 Å². The third-order valence-electron chi connectivity index (χ3n) is 1.76. The van der Waals surface area contributed by atoms with Crippen LogP contribution < -0.4 is 0 Å². The molecule has 0 heterocycles. The molecule has 57 valence electrons. The Kier molecular flexibility index (Phi) is 6.38. The highest BCUT2D eigenvalue weighted by molar-refractivity contribution is 4.82. The van der Waals surface area contributed by atoms with Crippen LogP contribution >= 0.6 is 0 Å². The van der Waals surface area contributed by atoms with Crippen molar-refractivity contribution in [3.8, 4) is 12.3 Å². The zero-order chi connectivity index (χ0) is 7.82. The molecular weight excluding hydrogens is 120 g/mol. The highest BCUT2D eigenvalue weighted by atomic mass is 14.0. The standard InChI is InChI=1S/C10H17/c1-4-6-7-8-9-10(3)5-2/h1,10H,2,5-9H2,3H3. The molecule has 10 heavy (non-hydrogen) atoms. The summed E-state index contributed by atoms with van der Waals surface area (Å²) in [6, 6.07) is 0. The minimum atomic E-state index is 0.776. The molecule has 0 bridgehead atoms. The number of hydrogen-bond acceptors (Lipinski definition) is 0. The molecule has 0 aromatic carbocycles. The molecule has 0 saturated heterocycles. The molecule has 1 atom stereocenters. The molecule has 0 aliphatic heterocycles. The van der Waals surface area contributed by atoms with E-state index in [0.717, 1.165) is 18.8 Å². The minimum absolute atomic E-state index is 0.776. The lowest BCUT2D eigenvalue weighted by atomic mass is 10.0. The molecule has 0 spiro atoms. The van der Waals surface area contributed by atoms with Crippen LogP contribution in [0.1, 0.15) is 39.0 Å². The number of terminal acetylenes is 1. The van der Waals surface area contributed by atoms with Gasteiger partial charge in [0.05, 0.1) is 0 Å². The summed E-state index contributed by atoms with van der Waals surface area (Å²) in [5, 5.41) is 0. The molecule has 0 aliphatic rings. The van der Waals surface area contributed by atoms with Crippen molar-refractivity contribution >= 4 is 0 Å². The van der Waals surface area contributed by atoms with Gasteiger partial charge in [-0.25, -0.2) is 0 Å². The third kappa shape index (κ3) is 5.69. The van der Waals surface area contributed by atoms with Gasteiger partial charge in [0, 0.05) is 6.42 Å². The van der Waals surface area contributed by atoms with Crippen LogP contribution in [0.15, 0.2) is 0 Å². The first-order chi connectivity index (χ1) is 4.81. The maximum atomic E-state index is 5.12. The second-order valence-electron chi connectivity index (χ2n) is 2.84. The lowest BCUT2D eigenvalue weighted by Gasteiger charge is -2.05. The Hall–Kier alpha value is -0.440. The zero-order valence-corrected chi connectivity index (χ0v) is 6.90. The molecule has 0 nitrogen and oxygen atoms in total. The highest BCUT2D eigenvalue weighted by Crippen LogP contribution is 2.11. The summed E-state index contributed by atoms with van der Waals surface area (Å²) < 4.78 is 0. The van der Waals surface area contributed by atoms with E-state index in [4.69, 9.17) is 6.42 Å². The maximum absolute atomic E-state index is 5.12. The predicted octanol–water partition coefficient (Wildman–Crippen LogP) is 3.04. The van der Waals surface area contributed by atoms with Gasteiger partial charge in [-0.2, -0.15) is 0 Å². The van der Waals surface area contributed by atoms with Crippen LogP contribution in [0.3, 0.4) is 0 Å². The second-order valence-corrected chi connectivity index (χ2v) is 2.84. The lowest BCUT2D eigenvalue weighted by molar-refractivity contribution is 0.505. The van der Waals surface area contributed by atoms with E-state index < -0.39 is 0 Å². The molecular formula is C10H17. The van der Waals surface area contributed by atoms with Gasteiger partial charge in [-0.15, -0.1) is 12.3 Å². The van der Waals surface area contributed by atoms with Gasteiger partial charge in [-0.3, -0.25) is 0 Å². The van der Waals surface area contributed by atoms with Crippen LogP contribution in [-0.2, 0) is 0 Å². The minimum Gasteiger partial charge on any atom is -0.120 e. The molecule has 0 aromatic rings. The fourth-order valence-corrected chi connectivity index (χ4v) is 0.864. The smallest absolute Gasteiger partial charge is 0.00860 e. The van der Waals surface area contributed by atoms with E-state index in [-0.39, 0.29) is 0 Å². The van der Waals surface area contributed by atoms with Crippen LogP contribution in [0.4, 0.5) is 0 Å². The van der Waals surface area contributed by atoms with Crippen LogP contribution in [0.25, 0.3) is 0 Å². The van der Waals surface area contributed by atoms with E-state index in [1.54, 1.807) is 0 Å². The summed E-state index contributed by atoms with van der Waals surface area (Å²) in [7, 11) is 0. The van der Waals surface area contributed by atoms with Crippen LogP contribution in [-0.4, -0.2) is 0 Å². The third-order valence-corrected chi connectivity index (χ3v) is 1.76. The summed E-state index contributed by atoms with van der Waals surface area (Å²) in [6.45, 7) is 6.08. The van der Waals surface area contributed by atoms with Crippen molar-refractivity contribution in [2.45, 2.75) is 39.0 Å². The Bertz CT molecular complexity index is 97.1. The van der Waals surface area contributed by atoms with Crippen molar-refractivity contribution < 1.29 is 0 Å². The molecule has 0 N–H and O–H groups in total. The number of hydrogen-bond donors (Lipinski definition) is 0. The molecule has 0 rings (SSSR count). The topological polar surface area (TPSA) is 0 Å². The van der Waals surface area contributed by atoms with Gasteiger partial charge in [0.15, 0.2) is 0 Å². The lowest BCUT2D eigenvalue weighted by Crippen LogP contribution is -1.91. The molecule has 1 radical (unpaired) electrons. The molecule has 0 saturated carbocycles. The fraction of sp³-hybridized carbons (Fsp3) is 0.700. The number of unbranched alkanes of at least 4 members (excludes halogenated alkanes) is 2. The normalized spacial score (nSPS) is 12.5. The van der Waals surface area contributed by atoms with Crippen molar-refractivity contribution in [2.75, 3.05) is 0 Å². The Labute approximate surface area is 65.0 Å². The SMILES string of the molecule is C#CCCCCC(C)C[CH2]. The van der Waals surface area contributed by atoms with Crippen molar-refractivity contribution in [2.24, 2.45) is 5.92 Å². The molecule has 1 unspecified atom stereocenters. The van der Waals surface area contributed by atoms with Crippen LogP contribution in [0, 0.1) is 25.2 Å². The van der Waals surface area contributed by atoms with E-state index in [1.807, 2.05) is 0 Å². The van der Waals surface area contributed by atoms with Gasteiger partial charge in [0.25, 0.3) is 0 Å². The fourth-order valence-electron chi connectivity index (χ4n) is 0.864. The summed E-state index contributed by atoms with van der Waals surface area (Å²) in [4.78, 5) is 0. The highest BCUT2D eigenvalue weighted by Gasteiger charge is 1.96. The maximum Gasteiger partial charge on any atom is 0.00860 e. The second kappa shape index (κ2) is 6.68. The van der Waals surface area contributed by atoms with E-state index in [0.29, 0.717) is 0 Å². The van der Waals surface area contributed by atoms with Gasteiger partial charge < -0.3 is 0 Å². The Morgan fingerprint density at radius 1 is 1.50 bits per heavy atom. The van der Waals surface area contributed by atoms with Crippen molar-refractivity contribution in [3.63, 3.8) is 0 Å². The first-order valence-electron chi connectivity index (χ1n) is 4.04. The summed E-state index contributed by atoms with van der Waals surface area (Å²) in [5.41, 5.74) is 0. The van der Waals surface area contributed by atoms with Crippen molar-refractivity contribution in [1.82, 2.24) is 0 Å². The summed E-state index contributed by atoms with van der Waals surface area (Å²) >= 11 is 0. The van der Waals surface area contributed by atoms with Crippen LogP contribution in [0.2, 0.25) is 0 Å². The Morgan fingerprint density at radius 2 is 2.20 bits per heavy atom. The predicted molar refractivity (Wildman–Crippen MR) is 46.4 cm³/mol. The quantitative estimate of drug-likeness (QED) is 0.403. The first-order valence-corrected chi connectivity index (χ1v) is 4.04. The van der Waals surface area contributed by atoms with Crippen molar-refractivity contribution in [1.29, 1.82) is 0 Å². The average molecular weight is 137 g/mol. The Morgan fingerprint density at radius 3 is 2.70 bits per heavy atom. The molecule has 0 aliphatic carbocycles. The molecule has 0 amide bonds. The molecule has 0 heteroatoms. The number of rotatable bonds is 5. The van der Waals surface area contributed by atoms with E-state index in [1.165, 1.54) is 19.3 Å². The average Bonchev–Trinajstić information content (AvgIpc) is 1.98. The monoisotopic (exact) mass is 137 g/mol. The first kappa shape index (κ1) is 9.56. The van der Waals surface area contributed by atoms with Crippen LogP contribution in [0.5, 0.6) is 0 Å². The largest absolute Gasteiger partial charge is 0.120 e. The van der Waals surface area contributed by atoms with Gasteiger partial charge in [-0.1, -0.05) is 33.1 Å². The van der Waals surface area contributed by atoms with E-state index >= 15 is 0 Å². The molecule has 0 aromatic heterocycles. The summed E-state index contributed by atoms with van der Waals surface area (Å²) in [6.07, 6.45) is 10.8. The van der Waals surface area contributed by atoms with E-state index in [9.17, 15) is 0 Å². The van der Waals surface area contributed by atoms with Gasteiger partial charge in [0.2, 0.25) is 0 Å². The Balaban J connectivity index is 2.98. The van der Waals surface area contributed by atoms with Gasteiger partial charge in [0.1, 0.15) is 0 Å².